The zero-order valence-electron chi connectivity index (χ0n) is 13.1. The fourth-order valence-electron chi connectivity index (χ4n) is 3.79. The molecule has 5 nitrogen and oxygen atoms in total. The fourth-order valence-corrected chi connectivity index (χ4v) is 3.79. The Bertz CT molecular complexity index is 367. The van der Waals surface area contributed by atoms with Gasteiger partial charge in [0.15, 0.2) is 0 Å². The lowest BCUT2D eigenvalue weighted by Gasteiger charge is -2.40. The van der Waals surface area contributed by atoms with Crippen LogP contribution in [0.2, 0.25) is 0 Å². The molecule has 3 rings (SSSR count). The summed E-state index contributed by atoms with van der Waals surface area (Å²) in [4.78, 5) is 14.7. The molecular weight excluding hydrogens is 270 g/mol. The zero-order chi connectivity index (χ0) is 14.8. The smallest absolute Gasteiger partial charge is 0.252 e. The van der Waals surface area contributed by atoms with Crippen LogP contribution in [0.25, 0.3) is 0 Å². The van der Waals surface area contributed by atoms with E-state index >= 15 is 0 Å². The minimum Gasteiger partial charge on any atom is -0.378 e. The first kappa shape index (κ1) is 15.3. The van der Waals surface area contributed by atoms with Crippen LogP contribution in [0.3, 0.4) is 0 Å². The third kappa shape index (κ3) is 3.25. The van der Waals surface area contributed by atoms with Gasteiger partial charge in [-0.25, -0.2) is 0 Å². The number of ether oxygens (including phenoxy) is 3. The number of amides is 1. The predicted molar refractivity (Wildman–Crippen MR) is 78.0 cm³/mol. The Morgan fingerprint density at radius 3 is 2.81 bits per heavy atom. The third-order valence-corrected chi connectivity index (χ3v) is 4.85. The van der Waals surface area contributed by atoms with Crippen molar-refractivity contribution in [1.29, 1.82) is 0 Å². The number of carbonyl (C=O) groups excluding carboxylic acids is 1. The van der Waals surface area contributed by atoms with Crippen LogP contribution in [-0.4, -0.2) is 61.5 Å². The van der Waals surface area contributed by atoms with Crippen molar-refractivity contribution < 1.29 is 19.0 Å². The molecule has 1 saturated carbocycles. The van der Waals surface area contributed by atoms with Crippen molar-refractivity contribution in [2.24, 2.45) is 5.92 Å². The van der Waals surface area contributed by atoms with Gasteiger partial charge < -0.3 is 19.1 Å². The number of nitrogens with zero attached hydrogens (tertiary/aromatic N) is 1. The van der Waals surface area contributed by atoms with Crippen molar-refractivity contribution in [3.63, 3.8) is 0 Å². The molecule has 0 radical (unpaired) electrons. The topological polar surface area (TPSA) is 48.0 Å². The second-order valence-corrected chi connectivity index (χ2v) is 6.66. The molecule has 120 valence electrons. The highest BCUT2D eigenvalue weighted by atomic mass is 16.5. The number of fused-ring (bicyclic) bond motifs is 1. The van der Waals surface area contributed by atoms with E-state index in [0.29, 0.717) is 19.1 Å². The largest absolute Gasteiger partial charge is 0.378 e. The van der Waals surface area contributed by atoms with E-state index in [1.54, 1.807) is 0 Å². The summed E-state index contributed by atoms with van der Waals surface area (Å²) in [5, 5.41) is 0. The first-order valence-electron chi connectivity index (χ1n) is 8.32. The van der Waals surface area contributed by atoms with Gasteiger partial charge >= 0.3 is 0 Å². The molecule has 2 saturated heterocycles. The van der Waals surface area contributed by atoms with E-state index in [4.69, 9.17) is 14.2 Å². The van der Waals surface area contributed by atoms with E-state index in [2.05, 4.69) is 13.8 Å². The van der Waals surface area contributed by atoms with Gasteiger partial charge in [0.1, 0.15) is 6.10 Å². The van der Waals surface area contributed by atoms with Gasteiger partial charge in [-0.2, -0.15) is 0 Å². The number of hydrogen-bond donors (Lipinski definition) is 0. The van der Waals surface area contributed by atoms with E-state index < -0.39 is 0 Å². The summed E-state index contributed by atoms with van der Waals surface area (Å²) in [7, 11) is 0. The quantitative estimate of drug-likeness (QED) is 0.791. The van der Waals surface area contributed by atoms with Crippen LogP contribution in [0, 0.1) is 5.92 Å². The third-order valence-electron chi connectivity index (χ3n) is 4.85. The molecule has 1 aliphatic carbocycles. The molecule has 0 aromatic carbocycles. The molecule has 0 bridgehead atoms. The molecule has 3 fully saturated rings. The molecule has 0 spiro atoms. The van der Waals surface area contributed by atoms with Crippen LogP contribution in [0.15, 0.2) is 0 Å². The summed E-state index contributed by atoms with van der Waals surface area (Å²) in [5.74, 6) is 0.591. The second-order valence-electron chi connectivity index (χ2n) is 6.66. The minimum atomic E-state index is -0.213. The van der Waals surface area contributed by atoms with Gasteiger partial charge in [0.25, 0.3) is 5.91 Å². The summed E-state index contributed by atoms with van der Waals surface area (Å²) in [5.41, 5.74) is 0. The highest BCUT2D eigenvalue weighted by Crippen LogP contribution is 2.36. The standard InChI is InChI=1S/C16H27NO4/c1-11(2)21-10-12-5-6-13-15(12)20-9-7-17(13)16(18)14-4-3-8-19-14/h11-15H,3-10H2,1-2H3/t12-,13+,14+,15-/m0/s1. The molecule has 2 heterocycles. The number of rotatable bonds is 4. The molecule has 1 amide bonds. The summed E-state index contributed by atoms with van der Waals surface area (Å²) < 4.78 is 17.3. The van der Waals surface area contributed by atoms with Crippen molar-refractivity contribution in [1.82, 2.24) is 4.90 Å². The van der Waals surface area contributed by atoms with Crippen molar-refractivity contribution in [3.05, 3.63) is 0 Å². The molecular formula is C16H27NO4. The molecule has 0 N–H and O–H groups in total. The Morgan fingerprint density at radius 2 is 2.10 bits per heavy atom. The van der Waals surface area contributed by atoms with Crippen molar-refractivity contribution in [3.8, 4) is 0 Å². The first-order chi connectivity index (χ1) is 10.2. The molecule has 2 aliphatic heterocycles. The summed E-state index contributed by atoms with van der Waals surface area (Å²) >= 11 is 0. The highest BCUT2D eigenvalue weighted by molar-refractivity contribution is 5.81. The molecule has 4 atom stereocenters. The van der Waals surface area contributed by atoms with Crippen molar-refractivity contribution in [2.45, 2.75) is 63.9 Å². The minimum absolute atomic E-state index is 0.142. The predicted octanol–water partition coefficient (Wildman–Crippen LogP) is 1.60. The Balaban J connectivity index is 1.61. The molecule has 0 aromatic rings. The monoisotopic (exact) mass is 297 g/mol. The van der Waals surface area contributed by atoms with Crippen molar-refractivity contribution in [2.75, 3.05) is 26.4 Å². The number of carbonyl (C=O) groups is 1. The average Bonchev–Trinajstić information content (AvgIpc) is 3.13. The van der Waals surface area contributed by atoms with Gasteiger partial charge in [-0.1, -0.05) is 0 Å². The normalized spacial score (nSPS) is 36.2. The fraction of sp³-hybridized carbons (Fsp3) is 0.938. The summed E-state index contributed by atoms with van der Waals surface area (Å²) in [6.45, 7) is 6.92. The van der Waals surface area contributed by atoms with Crippen LogP contribution in [0.1, 0.15) is 39.5 Å². The molecule has 21 heavy (non-hydrogen) atoms. The van der Waals surface area contributed by atoms with Crippen LogP contribution >= 0.6 is 0 Å². The summed E-state index contributed by atoms with van der Waals surface area (Å²) in [6.07, 6.45) is 4.15. The molecule has 3 aliphatic rings. The van der Waals surface area contributed by atoms with Crippen LogP contribution in [0.4, 0.5) is 0 Å². The Kier molecular flexibility index (Phi) is 4.82. The molecule has 0 unspecified atom stereocenters. The maximum Gasteiger partial charge on any atom is 0.252 e. The van der Waals surface area contributed by atoms with Crippen LogP contribution in [0.5, 0.6) is 0 Å². The van der Waals surface area contributed by atoms with E-state index in [1.165, 1.54) is 0 Å². The lowest BCUT2D eigenvalue weighted by Crippen LogP contribution is -2.55. The lowest BCUT2D eigenvalue weighted by atomic mass is 10.0. The molecule has 5 heteroatoms. The maximum atomic E-state index is 12.6. The van der Waals surface area contributed by atoms with Gasteiger partial charge in [-0.05, 0) is 39.5 Å². The maximum absolute atomic E-state index is 12.6. The van der Waals surface area contributed by atoms with Gasteiger partial charge in [-0.3, -0.25) is 4.79 Å². The van der Waals surface area contributed by atoms with E-state index in [0.717, 1.165) is 38.9 Å². The van der Waals surface area contributed by atoms with Gasteiger partial charge in [0.2, 0.25) is 0 Å². The SMILES string of the molecule is CC(C)OC[C@@H]1CC[C@@H]2[C@H]1OCCN2C(=O)[C@H]1CCCO1. The number of morpholine rings is 1. The zero-order valence-corrected chi connectivity index (χ0v) is 13.1. The van der Waals surface area contributed by atoms with Gasteiger partial charge in [0.05, 0.1) is 31.5 Å². The van der Waals surface area contributed by atoms with E-state index in [1.807, 2.05) is 4.90 Å². The van der Waals surface area contributed by atoms with Gasteiger partial charge in [-0.15, -0.1) is 0 Å². The van der Waals surface area contributed by atoms with E-state index in [-0.39, 0.29) is 30.3 Å². The Labute approximate surface area is 126 Å². The summed E-state index contributed by atoms with van der Waals surface area (Å²) in [6, 6.07) is 0.219. The average molecular weight is 297 g/mol. The van der Waals surface area contributed by atoms with Gasteiger partial charge in [0, 0.05) is 19.1 Å². The lowest BCUT2D eigenvalue weighted by molar-refractivity contribution is -0.156. The van der Waals surface area contributed by atoms with Crippen LogP contribution < -0.4 is 0 Å². The second kappa shape index (κ2) is 6.63. The van der Waals surface area contributed by atoms with E-state index in [9.17, 15) is 4.79 Å². The Morgan fingerprint density at radius 1 is 1.24 bits per heavy atom. The van der Waals surface area contributed by atoms with Crippen LogP contribution in [-0.2, 0) is 19.0 Å². The first-order valence-corrected chi connectivity index (χ1v) is 8.32. The Hall–Kier alpha value is -0.650. The number of hydrogen-bond acceptors (Lipinski definition) is 4. The highest BCUT2D eigenvalue weighted by Gasteiger charge is 2.45. The van der Waals surface area contributed by atoms with Crippen molar-refractivity contribution >= 4 is 5.91 Å². The molecule has 0 aromatic heterocycles.